The molecule has 0 aliphatic carbocycles. The predicted molar refractivity (Wildman–Crippen MR) is 89.2 cm³/mol. The highest BCUT2D eigenvalue weighted by Gasteiger charge is 2.25. The lowest BCUT2D eigenvalue weighted by atomic mass is 10.3. The van der Waals surface area contributed by atoms with Crippen LogP contribution in [-0.2, 0) is 14.8 Å². The smallest absolute Gasteiger partial charge is 0.244 e. The van der Waals surface area contributed by atoms with E-state index in [1.165, 1.54) is 17.1 Å². The van der Waals surface area contributed by atoms with E-state index in [0.29, 0.717) is 19.5 Å². The monoisotopic (exact) mass is 348 g/mol. The fraction of sp³-hybridized carbons (Fsp3) is 0.375. The molecular weight excluding hydrogens is 328 g/mol. The van der Waals surface area contributed by atoms with Gasteiger partial charge in [-0.3, -0.25) is 4.79 Å². The number of para-hydroxylation sites is 1. The largest absolute Gasteiger partial charge is 0.341 e. The Morgan fingerprint density at radius 3 is 2.71 bits per heavy atom. The summed E-state index contributed by atoms with van der Waals surface area (Å²) in [5.74, 6) is 0.0814. The third kappa shape index (κ3) is 3.65. The summed E-state index contributed by atoms with van der Waals surface area (Å²) in [5, 5.41) is 4.11. The van der Waals surface area contributed by atoms with Gasteiger partial charge in [-0.1, -0.05) is 18.2 Å². The van der Waals surface area contributed by atoms with E-state index in [9.17, 15) is 13.2 Å². The summed E-state index contributed by atoms with van der Waals surface area (Å²) in [6.45, 7) is 2.83. The minimum atomic E-state index is -3.68. The zero-order valence-electron chi connectivity index (χ0n) is 13.4. The molecule has 1 aromatic heterocycles. The number of carbonyl (C=O) groups excluding carboxylic acids is 1. The second kappa shape index (κ2) is 6.74. The first-order chi connectivity index (χ1) is 11.5. The number of nitrogens with zero attached hydrogens (tertiary/aromatic N) is 3. The molecule has 1 atom stereocenters. The molecule has 7 nitrogen and oxygen atoms in total. The van der Waals surface area contributed by atoms with Crippen molar-refractivity contribution in [3.05, 3.63) is 42.7 Å². The maximum atomic E-state index is 12.5. The lowest BCUT2D eigenvalue weighted by Crippen LogP contribution is -2.42. The molecule has 0 radical (unpaired) electrons. The average Bonchev–Trinajstić information content (AvgIpc) is 3.18. The molecule has 0 saturated carbocycles. The Morgan fingerprint density at radius 1 is 1.29 bits per heavy atom. The van der Waals surface area contributed by atoms with Gasteiger partial charge in [0.1, 0.15) is 4.90 Å². The van der Waals surface area contributed by atoms with Crippen LogP contribution in [0.1, 0.15) is 19.8 Å². The van der Waals surface area contributed by atoms with Crippen LogP contribution in [0.2, 0.25) is 0 Å². The van der Waals surface area contributed by atoms with Crippen LogP contribution in [-0.4, -0.2) is 48.1 Å². The molecule has 2 heterocycles. The predicted octanol–water partition coefficient (Wildman–Crippen LogP) is 1.16. The van der Waals surface area contributed by atoms with Crippen molar-refractivity contribution in [3.63, 3.8) is 0 Å². The van der Waals surface area contributed by atoms with Crippen molar-refractivity contribution < 1.29 is 13.2 Å². The van der Waals surface area contributed by atoms with Crippen LogP contribution in [0.4, 0.5) is 0 Å². The van der Waals surface area contributed by atoms with Crippen molar-refractivity contribution in [2.45, 2.75) is 30.7 Å². The number of hydrogen-bond acceptors (Lipinski definition) is 4. The van der Waals surface area contributed by atoms with E-state index in [1.807, 2.05) is 30.3 Å². The summed E-state index contributed by atoms with van der Waals surface area (Å²) in [7, 11) is -3.68. The first-order valence-electron chi connectivity index (χ1n) is 7.86. The first-order valence-corrected chi connectivity index (χ1v) is 9.34. The van der Waals surface area contributed by atoms with Gasteiger partial charge < -0.3 is 4.90 Å². The molecule has 1 fully saturated rings. The molecule has 2 aromatic rings. The highest BCUT2D eigenvalue weighted by atomic mass is 32.2. The number of amides is 1. The van der Waals surface area contributed by atoms with E-state index in [2.05, 4.69) is 9.82 Å². The van der Waals surface area contributed by atoms with E-state index in [0.717, 1.165) is 12.1 Å². The van der Waals surface area contributed by atoms with Gasteiger partial charge in [-0.05, 0) is 25.5 Å². The van der Waals surface area contributed by atoms with Crippen molar-refractivity contribution in [2.75, 3.05) is 13.1 Å². The lowest BCUT2D eigenvalue weighted by molar-refractivity contribution is -0.127. The summed E-state index contributed by atoms with van der Waals surface area (Å²) in [5.41, 5.74) is 0.787. The van der Waals surface area contributed by atoms with Gasteiger partial charge in [0.25, 0.3) is 0 Å². The summed E-state index contributed by atoms with van der Waals surface area (Å²) in [6.07, 6.45) is 4.18. The Kier molecular flexibility index (Phi) is 4.68. The van der Waals surface area contributed by atoms with E-state index < -0.39 is 10.0 Å². The topological polar surface area (TPSA) is 84.3 Å². The third-order valence-electron chi connectivity index (χ3n) is 3.91. The molecule has 1 aliphatic heterocycles. The number of carbonyl (C=O) groups is 1. The van der Waals surface area contributed by atoms with Crippen molar-refractivity contribution in [2.24, 2.45) is 0 Å². The molecule has 0 bridgehead atoms. The van der Waals surface area contributed by atoms with Crippen molar-refractivity contribution in [1.82, 2.24) is 19.4 Å². The fourth-order valence-electron chi connectivity index (χ4n) is 2.76. The zero-order valence-corrected chi connectivity index (χ0v) is 14.2. The molecule has 128 valence electrons. The average molecular weight is 348 g/mol. The molecule has 3 rings (SSSR count). The number of nitrogens with one attached hydrogen (secondary N) is 1. The second-order valence-electron chi connectivity index (χ2n) is 5.92. The van der Waals surface area contributed by atoms with Gasteiger partial charge >= 0.3 is 0 Å². The zero-order chi connectivity index (χ0) is 17.2. The van der Waals surface area contributed by atoms with Gasteiger partial charge in [0.05, 0.1) is 18.1 Å². The molecule has 8 heteroatoms. The van der Waals surface area contributed by atoms with Crippen molar-refractivity contribution >= 4 is 15.9 Å². The lowest BCUT2D eigenvalue weighted by Gasteiger charge is -2.21. The molecule has 1 aliphatic rings. The first kappa shape index (κ1) is 16.7. The number of rotatable bonds is 6. The summed E-state index contributed by atoms with van der Waals surface area (Å²) in [4.78, 5) is 13.4. The van der Waals surface area contributed by atoms with Crippen LogP contribution in [0.25, 0.3) is 5.69 Å². The minimum Gasteiger partial charge on any atom is -0.341 e. The fourth-order valence-corrected chi connectivity index (χ4v) is 3.93. The molecule has 24 heavy (non-hydrogen) atoms. The Morgan fingerprint density at radius 2 is 2.04 bits per heavy atom. The quantitative estimate of drug-likeness (QED) is 0.849. The molecule has 1 amide bonds. The maximum Gasteiger partial charge on any atom is 0.244 e. The van der Waals surface area contributed by atoms with Gasteiger partial charge in [-0.2, -0.15) is 5.10 Å². The number of benzene rings is 1. The highest BCUT2D eigenvalue weighted by molar-refractivity contribution is 7.89. The Hall–Kier alpha value is -2.19. The maximum absolute atomic E-state index is 12.5. The van der Waals surface area contributed by atoms with E-state index in [4.69, 9.17) is 0 Å². The molecule has 1 N–H and O–H groups in total. The molecule has 1 saturated heterocycles. The third-order valence-corrected chi connectivity index (χ3v) is 5.46. The summed E-state index contributed by atoms with van der Waals surface area (Å²) >= 11 is 0. The Bertz CT molecular complexity index is 817. The van der Waals surface area contributed by atoms with Gasteiger partial charge in [0.2, 0.25) is 15.9 Å². The second-order valence-corrected chi connectivity index (χ2v) is 7.64. The van der Waals surface area contributed by atoms with E-state index >= 15 is 0 Å². The normalized spacial score (nSPS) is 16.5. The van der Waals surface area contributed by atoms with Crippen LogP contribution < -0.4 is 4.72 Å². The number of hydrogen-bond donors (Lipinski definition) is 1. The molecule has 0 spiro atoms. The van der Waals surface area contributed by atoms with E-state index in [-0.39, 0.29) is 16.8 Å². The Balaban J connectivity index is 1.69. The van der Waals surface area contributed by atoms with E-state index in [1.54, 1.807) is 11.8 Å². The number of likely N-dealkylation sites (tertiary alicyclic amines) is 1. The van der Waals surface area contributed by atoms with Gasteiger partial charge in [-0.15, -0.1) is 0 Å². The standard InChI is InChI=1S/C16H20N4O3S/c1-13(11-19-9-5-8-16(19)21)18-24(22,23)15-10-17-20(12-15)14-6-3-2-4-7-14/h2-4,6-7,10,12-13,18H,5,8-9,11H2,1H3/t13-/m0/s1. The van der Waals surface area contributed by atoms with Crippen molar-refractivity contribution in [3.8, 4) is 5.69 Å². The SMILES string of the molecule is C[C@@H](CN1CCCC1=O)NS(=O)(=O)c1cnn(-c2ccccc2)c1. The Labute approximate surface area is 141 Å². The summed E-state index contributed by atoms with van der Waals surface area (Å²) in [6, 6.07) is 8.93. The summed E-state index contributed by atoms with van der Waals surface area (Å²) < 4.78 is 29.1. The number of sulfonamides is 1. The van der Waals surface area contributed by atoms with Gasteiger partial charge in [0, 0.05) is 25.6 Å². The van der Waals surface area contributed by atoms with Crippen molar-refractivity contribution in [1.29, 1.82) is 0 Å². The van der Waals surface area contributed by atoms with Crippen LogP contribution >= 0.6 is 0 Å². The van der Waals surface area contributed by atoms with Gasteiger partial charge in [0.15, 0.2) is 0 Å². The van der Waals surface area contributed by atoms with Crippen LogP contribution in [0.15, 0.2) is 47.6 Å². The molecule has 1 aromatic carbocycles. The highest BCUT2D eigenvalue weighted by Crippen LogP contribution is 2.14. The minimum absolute atomic E-state index is 0.0814. The van der Waals surface area contributed by atoms with Crippen LogP contribution in [0, 0.1) is 0 Å². The number of aromatic nitrogens is 2. The van der Waals surface area contributed by atoms with Crippen LogP contribution in [0.5, 0.6) is 0 Å². The van der Waals surface area contributed by atoms with Gasteiger partial charge in [-0.25, -0.2) is 17.8 Å². The van der Waals surface area contributed by atoms with Crippen LogP contribution in [0.3, 0.4) is 0 Å². The molecular formula is C16H20N4O3S. The molecule has 0 unspecified atom stereocenters.